The van der Waals surface area contributed by atoms with E-state index in [0.29, 0.717) is 23.1 Å². The van der Waals surface area contributed by atoms with E-state index in [1.54, 1.807) is 30.5 Å². The van der Waals surface area contributed by atoms with Crippen molar-refractivity contribution in [3.8, 4) is 11.4 Å². The van der Waals surface area contributed by atoms with Crippen LogP contribution in [0.1, 0.15) is 35.0 Å². The van der Waals surface area contributed by atoms with E-state index >= 15 is 0 Å². The van der Waals surface area contributed by atoms with Gasteiger partial charge in [-0.05, 0) is 101 Å². The summed E-state index contributed by atoms with van der Waals surface area (Å²) in [5, 5.41) is 4.55. The molecule has 0 saturated heterocycles. The van der Waals surface area contributed by atoms with E-state index in [1.807, 2.05) is 26.8 Å². The molecule has 1 N–H and O–H groups in total. The number of carbonyl (C=O) groups is 1. The summed E-state index contributed by atoms with van der Waals surface area (Å²) in [5.74, 6) is -0.0107. The molecule has 8 nitrogen and oxygen atoms in total. The van der Waals surface area contributed by atoms with Crippen molar-refractivity contribution in [1.82, 2.24) is 9.99 Å². The molecule has 0 atom stereocenters. The number of halogens is 1. The number of sulfonamides is 1. The van der Waals surface area contributed by atoms with Crippen molar-refractivity contribution < 1.29 is 17.9 Å². The topological polar surface area (TPSA) is 93.0 Å². The number of aryl methyl sites for hydroxylation is 3. The Bertz CT molecular complexity index is 1680. The van der Waals surface area contributed by atoms with E-state index in [0.717, 1.165) is 32.5 Å². The van der Waals surface area contributed by atoms with Crippen molar-refractivity contribution in [3.63, 3.8) is 0 Å². The average Bonchev–Trinajstić information content (AvgIpc) is 3.20. The highest BCUT2D eigenvalue weighted by Crippen LogP contribution is 2.27. The highest BCUT2D eigenvalue weighted by atomic mass is 35.5. The Labute approximate surface area is 246 Å². The van der Waals surface area contributed by atoms with Crippen LogP contribution in [0, 0.1) is 27.7 Å². The zero-order valence-electron chi connectivity index (χ0n) is 23.7. The van der Waals surface area contributed by atoms with Crippen LogP contribution in [-0.2, 0) is 14.8 Å². The standard InChI is InChI=1S/C31H33ClN4O4S/c1-6-40-28-12-10-27(11-13-28)35(41(38,39)29-14-8-26(32)9-15-29)20-31(37)34-33-19-25-18-23(4)36(24(25)5)30-16-7-21(2)17-22(30)3/h7-19H,6,20H2,1-5H3,(H,34,37)/b33-19-. The molecule has 214 valence electrons. The fourth-order valence-electron chi connectivity index (χ4n) is 4.61. The van der Waals surface area contributed by atoms with E-state index in [2.05, 4.69) is 47.1 Å². The molecule has 41 heavy (non-hydrogen) atoms. The zero-order chi connectivity index (χ0) is 29.7. The number of nitrogens with zero attached hydrogens (tertiary/aromatic N) is 3. The summed E-state index contributed by atoms with van der Waals surface area (Å²) in [5.41, 5.74) is 9.03. The van der Waals surface area contributed by atoms with Gasteiger partial charge in [0, 0.05) is 27.7 Å². The minimum Gasteiger partial charge on any atom is -0.494 e. The Morgan fingerprint density at radius 2 is 1.68 bits per heavy atom. The number of amides is 1. The summed E-state index contributed by atoms with van der Waals surface area (Å²) >= 11 is 5.96. The van der Waals surface area contributed by atoms with Crippen molar-refractivity contribution >= 4 is 39.4 Å². The summed E-state index contributed by atoms with van der Waals surface area (Å²) in [6.07, 6.45) is 1.56. The SMILES string of the molecule is CCOc1ccc(N(CC(=O)N/N=C\c2cc(C)n(-c3ccc(C)cc3C)c2C)S(=O)(=O)c2ccc(Cl)cc2)cc1. The maximum absolute atomic E-state index is 13.6. The third kappa shape index (κ3) is 6.81. The first kappa shape index (κ1) is 29.9. The van der Waals surface area contributed by atoms with Gasteiger partial charge in [-0.15, -0.1) is 0 Å². The Balaban J connectivity index is 1.56. The van der Waals surface area contributed by atoms with Crippen molar-refractivity contribution in [2.75, 3.05) is 17.5 Å². The van der Waals surface area contributed by atoms with Crippen LogP contribution in [0.4, 0.5) is 5.69 Å². The second-order valence-electron chi connectivity index (χ2n) is 9.64. The third-order valence-electron chi connectivity index (χ3n) is 6.58. The van der Waals surface area contributed by atoms with Crippen LogP contribution in [0.15, 0.2) is 82.8 Å². The van der Waals surface area contributed by atoms with Gasteiger partial charge >= 0.3 is 0 Å². The molecule has 0 radical (unpaired) electrons. The van der Waals surface area contributed by atoms with Gasteiger partial charge in [-0.25, -0.2) is 13.8 Å². The molecule has 0 saturated carbocycles. The van der Waals surface area contributed by atoms with Crippen LogP contribution in [0.3, 0.4) is 0 Å². The first-order valence-electron chi connectivity index (χ1n) is 13.1. The largest absolute Gasteiger partial charge is 0.494 e. The van der Waals surface area contributed by atoms with E-state index in [1.165, 1.54) is 29.8 Å². The number of anilines is 1. The Hall–Kier alpha value is -4.08. The van der Waals surface area contributed by atoms with Gasteiger partial charge in [0.1, 0.15) is 12.3 Å². The molecule has 4 aromatic rings. The molecule has 10 heteroatoms. The number of aromatic nitrogens is 1. The first-order chi connectivity index (χ1) is 19.5. The molecule has 0 spiro atoms. The molecule has 3 aromatic carbocycles. The molecule has 4 rings (SSSR count). The lowest BCUT2D eigenvalue weighted by molar-refractivity contribution is -0.119. The van der Waals surface area contributed by atoms with Crippen LogP contribution in [0.5, 0.6) is 5.75 Å². The molecule has 0 bridgehead atoms. The van der Waals surface area contributed by atoms with Gasteiger partial charge in [-0.1, -0.05) is 29.3 Å². The van der Waals surface area contributed by atoms with Gasteiger partial charge in [0.05, 0.1) is 23.4 Å². The Morgan fingerprint density at radius 1 is 1.00 bits per heavy atom. The number of hydrogen-bond acceptors (Lipinski definition) is 5. The lowest BCUT2D eigenvalue weighted by atomic mass is 10.1. The van der Waals surface area contributed by atoms with Crippen molar-refractivity contribution in [2.24, 2.45) is 5.10 Å². The van der Waals surface area contributed by atoms with E-state index < -0.39 is 22.5 Å². The van der Waals surface area contributed by atoms with Crippen molar-refractivity contribution in [2.45, 2.75) is 39.5 Å². The molecule has 0 aliphatic heterocycles. The highest BCUT2D eigenvalue weighted by Gasteiger charge is 2.27. The summed E-state index contributed by atoms with van der Waals surface area (Å²) < 4.78 is 35.8. The van der Waals surface area contributed by atoms with Crippen LogP contribution in [0.25, 0.3) is 5.69 Å². The third-order valence-corrected chi connectivity index (χ3v) is 8.62. The molecule has 0 aliphatic rings. The number of hydrogen-bond donors (Lipinski definition) is 1. The lowest BCUT2D eigenvalue weighted by Crippen LogP contribution is -2.39. The molecule has 1 amide bonds. The molecule has 1 heterocycles. The minimum absolute atomic E-state index is 0.00549. The van der Waals surface area contributed by atoms with Crippen LogP contribution in [-0.4, -0.2) is 38.3 Å². The number of ether oxygens (including phenoxy) is 1. The van der Waals surface area contributed by atoms with Crippen molar-refractivity contribution in [3.05, 3.63) is 106 Å². The Morgan fingerprint density at radius 3 is 2.32 bits per heavy atom. The number of rotatable bonds is 10. The maximum Gasteiger partial charge on any atom is 0.264 e. The molecule has 1 aromatic heterocycles. The fraction of sp³-hybridized carbons (Fsp3) is 0.226. The van der Waals surface area contributed by atoms with Gasteiger partial charge < -0.3 is 9.30 Å². The molecular formula is C31H33ClN4O4S. The average molecular weight is 593 g/mol. The summed E-state index contributed by atoms with van der Waals surface area (Å²) in [6, 6.07) is 20.6. The van der Waals surface area contributed by atoms with Crippen LogP contribution in [0.2, 0.25) is 5.02 Å². The summed E-state index contributed by atoms with van der Waals surface area (Å²) in [4.78, 5) is 13.0. The zero-order valence-corrected chi connectivity index (χ0v) is 25.3. The van der Waals surface area contributed by atoms with Gasteiger partial charge in [0.15, 0.2) is 0 Å². The Kier molecular flexibility index (Phi) is 9.20. The van der Waals surface area contributed by atoms with Crippen molar-refractivity contribution in [1.29, 1.82) is 0 Å². The minimum atomic E-state index is -4.10. The van der Waals surface area contributed by atoms with Gasteiger partial charge in [-0.2, -0.15) is 5.10 Å². The highest BCUT2D eigenvalue weighted by molar-refractivity contribution is 7.92. The monoisotopic (exact) mass is 592 g/mol. The predicted molar refractivity (Wildman–Crippen MR) is 164 cm³/mol. The van der Waals surface area contributed by atoms with Crippen LogP contribution < -0.4 is 14.5 Å². The number of carbonyl (C=O) groups excluding carboxylic acids is 1. The van der Waals surface area contributed by atoms with E-state index in [9.17, 15) is 13.2 Å². The number of nitrogens with one attached hydrogen (secondary N) is 1. The molecule has 0 unspecified atom stereocenters. The predicted octanol–water partition coefficient (Wildman–Crippen LogP) is 6.11. The summed E-state index contributed by atoms with van der Waals surface area (Å²) in [7, 11) is -4.10. The fourth-order valence-corrected chi connectivity index (χ4v) is 6.16. The molecular weight excluding hydrogens is 560 g/mol. The normalized spacial score (nSPS) is 11.6. The maximum atomic E-state index is 13.6. The number of hydrazone groups is 1. The van der Waals surface area contributed by atoms with Gasteiger partial charge in [-0.3, -0.25) is 9.10 Å². The van der Waals surface area contributed by atoms with Gasteiger partial charge in [0.25, 0.3) is 15.9 Å². The smallest absolute Gasteiger partial charge is 0.264 e. The summed E-state index contributed by atoms with van der Waals surface area (Å²) in [6.45, 7) is 9.98. The number of benzene rings is 3. The molecule has 0 fully saturated rings. The van der Waals surface area contributed by atoms with Gasteiger partial charge in [0.2, 0.25) is 0 Å². The van der Waals surface area contributed by atoms with E-state index in [-0.39, 0.29) is 4.90 Å². The quantitative estimate of drug-likeness (QED) is 0.178. The lowest BCUT2D eigenvalue weighted by Gasteiger charge is -2.24. The second-order valence-corrected chi connectivity index (χ2v) is 11.9. The van der Waals surface area contributed by atoms with E-state index in [4.69, 9.17) is 16.3 Å². The first-order valence-corrected chi connectivity index (χ1v) is 14.9. The second kappa shape index (κ2) is 12.6. The van der Waals surface area contributed by atoms with Crippen LogP contribution >= 0.6 is 11.6 Å². The molecule has 0 aliphatic carbocycles.